The molecule has 7 unspecified atom stereocenters. The number of carbonyl (C=O) groups is 2. The summed E-state index contributed by atoms with van der Waals surface area (Å²) in [5.74, 6) is -0.330. The summed E-state index contributed by atoms with van der Waals surface area (Å²) in [4.78, 5) is 29.7. The van der Waals surface area contributed by atoms with Gasteiger partial charge >= 0.3 is 0 Å². The second kappa shape index (κ2) is 10.3. The summed E-state index contributed by atoms with van der Waals surface area (Å²) < 4.78 is 0. The van der Waals surface area contributed by atoms with Gasteiger partial charge in [-0.3, -0.25) is 14.6 Å². The molecule has 0 radical (unpaired) electrons. The Hall–Kier alpha value is -2.73. The minimum atomic E-state index is -0.577. The van der Waals surface area contributed by atoms with Crippen LogP contribution in [0.4, 0.5) is 0 Å². The Labute approximate surface area is 202 Å². The summed E-state index contributed by atoms with van der Waals surface area (Å²) in [5, 5.41) is 17.8. The molecule has 2 amide bonds. The van der Waals surface area contributed by atoms with Gasteiger partial charge in [0.15, 0.2) is 0 Å². The highest BCUT2D eigenvalue weighted by atomic mass is 16.3. The molecule has 4 rings (SSSR count). The van der Waals surface area contributed by atoms with Crippen LogP contribution in [-0.2, 0) is 11.3 Å². The largest absolute Gasteiger partial charge is 0.392 e. The van der Waals surface area contributed by atoms with Crippen molar-refractivity contribution in [2.75, 3.05) is 0 Å². The highest BCUT2D eigenvalue weighted by Crippen LogP contribution is 2.55. The summed E-state index contributed by atoms with van der Waals surface area (Å²) in [5.41, 5.74) is 1.68. The molecule has 182 valence electrons. The highest BCUT2D eigenvalue weighted by molar-refractivity contribution is 5.94. The van der Waals surface area contributed by atoms with E-state index in [4.69, 9.17) is 0 Å². The molecule has 0 saturated heterocycles. The number of aliphatic hydroxyl groups is 1. The standard InChI is InChI=1S/C28H37N3O3/c1-18(26(33)30-17-20-7-5-4-6-8-20)22-9-13-28(3)14-10-23(19(2)24(28)25(22)32)31-27(34)21-11-15-29-16-12-21/h4-8,11-12,15-16,18-19,22-25,32H,9-10,13-14,17H2,1-3H3,(H,30,33)(H,31,34). The third-order valence-electron chi connectivity index (χ3n) is 8.51. The summed E-state index contributed by atoms with van der Waals surface area (Å²) in [6, 6.07) is 13.3. The molecule has 1 heterocycles. The van der Waals surface area contributed by atoms with E-state index in [9.17, 15) is 14.7 Å². The fourth-order valence-electron chi connectivity index (χ4n) is 6.39. The maximum atomic E-state index is 13.0. The number of nitrogens with one attached hydrogen (secondary N) is 2. The van der Waals surface area contributed by atoms with Crippen molar-refractivity contribution in [1.82, 2.24) is 15.6 Å². The van der Waals surface area contributed by atoms with Gasteiger partial charge in [0.05, 0.1) is 6.10 Å². The van der Waals surface area contributed by atoms with Crippen LogP contribution in [0, 0.1) is 29.1 Å². The van der Waals surface area contributed by atoms with Crippen LogP contribution in [0.3, 0.4) is 0 Å². The molecule has 6 heteroatoms. The zero-order valence-electron chi connectivity index (χ0n) is 20.4. The number of carbonyl (C=O) groups excluding carboxylic acids is 2. The molecule has 34 heavy (non-hydrogen) atoms. The van der Waals surface area contributed by atoms with Crippen LogP contribution in [0.5, 0.6) is 0 Å². The average Bonchev–Trinajstić information content (AvgIpc) is 2.85. The molecule has 1 aromatic carbocycles. The number of aliphatic hydroxyl groups excluding tert-OH is 1. The third kappa shape index (κ3) is 5.02. The Kier molecular flexibility index (Phi) is 7.36. The van der Waals surface area contributed by atoms with Crippen LogP contribution >= 0.6 is 0 Å². The fourth-order valence-corrected chi connectivity index (χ4v) is 6.39. The molecule has 1 aromatic heterocycles. The normalized spacial score (nSPS) is 31.7. The lowest BCUT2D eigenvalue weighted by atomic mass is 9.51. The van der Waals surface area contributed by atoms with Crippen molar-refractivity contribution in [3.63, 3.8) is 0 Å². The van der Waals surface area contributed by atoms with Crippen molar-refractivity contribution in [2.24, 2.45) is 29.1 Å². The van der Waals surface area contributed by atoms with Crippen molar-refractivity contribution in [3.8, 4) is 0 Å². The van der Waals surface area contributed by atoms with Gasteiger partial charge in [-0.25, -0.2) is 0 Å². The maximum absolute atomic E-state index is 13.0. The average molecular weight is 464 g/mol. The van der Waals surface area contributed by atoms with Crippen LogP contribution in [-0.4, -0.2) is 34.1 Å². The minimum absolute atomic E-state index is 0.00523. The smallest absolute Gasteiger partial charge is 0.251 e. The second-order valence-corrected chi connectivity index (χ2v) is 10.6. The van der Waals surface area contributed by atoms with Gasteiger partial charge in [0.25, 0.3) is 5.91 Å². The van der Waals surface area contributed by atoms with Crippen molar-refractivity contribution < 1.29 is 14.7 Å². The summed E-state index contributed by atoms with van der Waals surface area (Å²) >= 11 is 0. The Morgan fingerprint density at radius 3 is 2.50 bits per heavy atom. The van der Waals surface area contributed by atoms with Crippen LogP contribution in [0.15, 0.2) is 54.9 Å². The van der Waals surface area contributed by atoms with E-state index in [1.54, 1.807) is 24.5 Å². The Morgan fingerprint density at radius 2 is 1.79 bits per heavy atom. The molecule has 6 nitrogen and oxygen atoms in total. The molecule has 0 aliphatic heterocycles. The molecule has 2 saturated carbocycles. The lowest BCUT2D eigenvalue weighted by Gasteiger charge is -2.56. The van der Waals surface area contributed by atoms with Crippen molar-refractivity contribution in [2.45, 2.75) is 65.1 Å². The number of nitrogens with zero attached hydrogens (tertiary/aromatic N) is 1. The number of benzene rings is 1. The number of hydrogen-bond acceptors (Lipinski definition) is 4. The Morgan fingerprint density at radius 1 is 1.12 bits per heavy atom. The summed E-state index contributed by atoms with van der Waals surface area (Å²) in [6.07, 6.45) is 6.36. The first-order valence-electron chi connectivity index (χ1n) is 12.5. The Balaban J connectivity index is 1.42. The molecule has 2 fully saturated rings. The lowest BCUT2D eigenvalue weighted by Crippen LogP contribution is -2.58. The van der Waals surface area contributed by atoms with E-state index in [0.29, 0.717) is 12.1 Å². The maximum Gasteiger partial charge on any atom is 0.251 e. The van der Waals surface area contributed by atoms with Gasteiger partial charge in [-0.15, -0.1) is 0 Å². The molecule has 3 N–H and O–H groups in total. The highest BCUT2D eigenvalue weighted by Gasteiger charge is 2.53. The number of hydrogen-bond donors (Lipinski definition) is 3. The van der Waals surface area contributed by atoms with E-state index in [2.05, 4.69) is 29.5 Å². The molecule has 0 spiro atoms. The van der Waals surface area contributed by atoms with Crippen LogP contribution in [0.25, 0.3) is 0 Å². The summed E-state index contributed by atoms with van der Waals surface area (Å²) in [7, 11) is 0. The number of aromatic nitrogens is 1. The molecular weight excluding hydrogens is 426 g/mol. The van der Waals surface area contributed by atoms with Gasteiger partial charge < -0.3 is 15.7 Å². The third-order valence-corrected chi connectivity index (χ3v) is 8.51. The van der Waals surface area contributed by atoms with Gasteiger partial charge in [0.1, 0.15) is 0 Å². The quantitative estimate of drug-likeness (QED) is 0.605. The van der Waals surface area contributed by atoms with Crippen molar-refractivity contribution >= 4 is 11.8 Å². The number of fused-ring (bicyclic) bond motifs is 1. The molecule has 2 aliphatic rings. The zero-order chi connectivity index (χ0) is 24.3. The van der Waals surface area contributed by atoms with Crippen molar-refractivity contribution in [3.05, 3.63) is 66.0 Å². The molecule has 0 bridgehead atoms. The molecular formula is C28H37N3O3. The minimum Gasteiger partial charge on any atom is -0.392 e. The topological polar surface area (TPSA) is 91.3 Å². The SMILES string of the molecule is CC(C(=O)NCc1ccccc1)C1CCC2(C)CCC(NC(=O)c3ccncc3)C(C)C2C1O. The van der Waals surface area contributed by atoms with E-state index in [1.807, 2.05) is 37.3 Å². The van der Waals surface area contributed by atoms with E-state index in [1.165, 1.54) is 0 Å². The summed E-state index contributed by atoms with van der Waals surface area (Å²) in [6.45, 7) is 6.85. The number of rotatable bonds is 6. The van der Waals surface area contributed by atoms with Gasteiger partial charge in [-0.05, 0) is 66.5 Å². The van der Waals surface area contributed by atoms with Crippen molar-refractivity contribution in [1.29, 1.82) is 0 Å². The fraction of sp³-hybridized carbons (Fsp3) is 0.536. The van der Waals surface area contributed by atoms with E-state index >= 15 is 0 Å². The van der Waals surface area contributed by atoms with Gasteiger partial charge in [0.2, 0.25) is 5.91 Å². The predicted octanol–water partition coefficient (Wildman–Crippen LogP) is 3.96. The molecule has 2 aliphatic carbocycles. The van der Waals surface area contributed by atoms with E-state index in [0.717, 1.165) is 31.2 Å². The molecule has 2 aromatic rings. The van der Waals surface area contributed by atoms with Gasteiger partial charge in [0, 0.05) is 36.5 Å². The lowest BCUT2D eigenvalue weighted by molar-refractivity contribution is -0.142. The van der Waals surface area contributed by atoms with Gasteiger partial charge in [-0.2, -0.15) is 0 Å². The van der Waals surface area contributed by atoms with Crippen LogP contribution < -0.4 is 10.6 Å². The monoisotopic (exact) mass is 463 g/mol. The zero-order valence-corrected chi connectivity index (χ0v) is 20.4. The first-order chi connectivity index (χ1) is 16.3. The van der Waals surface area contributed by atoms with Crippen LogP contribution in [0.2, 0.25) is 0 Å². The first kappa shape index (κ1) is 24.4. The van der Waals surface area contributed by atoms with E-state index < -0.39 is 6.10 Å². The van der Waals surface area contributed by atoms with Crippen LogP contribution in [0.1, 0.15) is 62.4 Å². The number of amides is 2. The number of pyridine rings is 1. The van der Waals surface area contributed by atoms with E-state index in [-0.39, 0.29) is 46.9 Å². The van der Waals surface area contributed by atoms with Gasteiger partial charge in [-0.1, -0.05) is 51.1 Å². The second-order valence-electron chi connectivity index (χ2n) is 10.6. The predicted molar refractivity (Wildman–Crippen MR) is 132 cm³/mol. The first-order valence-corrected chi connectivity index (χ1v) is 12.5. The molecule has 7 atom stereocenters. The Bertz CT molecular complexity index is 983.